The van der Waals surface area contributed by atoms with Crippen molar-refractivity contribution >= 4 is 5.91 Å². The highest BCUT2D eigenvalue weighted by Crippen LogP contribution is 2.43. The lowest BCUT2D eigenvalue weighted by Gasteiger charge is -2.41. The van der Waals surface area contributed by atoms with E-state index < -0.39 is 0 Å². The van der Waals surface area contributed by atoms with E-state index in [1.807, 2.05) is 24.3 Å². The quantitative estimate of drug-likeness (QED) is 0.741. The van der Waals surface area contributed by atoms with E-state index in [-0.39, 0.29) is 17.6 Å². The van der Waals surface area contributed by atoms with Crippen LogP contribution < -0.4 is 24.3 Å². The number of carbonyl (C=O) groups excluding carboxylic acids is 1. The molecule has 3 rings (SSSR count). The summed E-state index contributed by atoms with van der Waals surface area (Å²) >= 11 is 0. The topological polar surface area (TPSA) is 66.0 Å². The van der Waals surface area contributed by atoms with Crippen LogP contribution in [0.5, 0.6) is 23.0 Å². The molecule has 1 aliphatic rings. The molecular formula is C23H29NO5. The molecule has 1 amide bonds. The maximum Gasteiger partial charge on any atom is 0.252 e. The molecule has 0 fully saturated rings. The zero-order valence-electron chi connectivity index (χ0n) is 17.7. The van der Waals surface area contributed by atoms with E-state index in [0.29, 0.717) is 29.2 Å². The molecule has 1 heterocycles. The second-order valence-corrected chi connectivity index (χ2v) is 7.17. The van der Waals surface area contributed by atoms with Crippen LogP contribution in [0.2, 0.25) is 0 Å². The van der Waals surface area contributed by atoms with Gasteiger partial charge in [0.25, 0.3) is 5.91 Å². The highest BCUT2D eigenvalue weighted by atomic mass is 16.5. The van der Waals surface area contributed by atoms with E-state index in [1.54, 1.807) is 12.1 Å². The Labute approximate surface area is 172 Å². The van der Waals surface area contributed by atoms with Gasteiger partial charge in [-0.25, -0.2) is 0 Å². The SMILES string of the molecule is CCC1(CC)C[C@H](NC(=O)c2cc(OC)c(OC)c(OC)c2)c2ccccc2O1. The van der Waals surface area contributed by atoms with E-state index in [2.05, 4.69) is 19.2 Å². The lowest BCUT2D eigenvalue weighted by Crippen LogP contribution is -2.44. The van der Waals surface area contributed by atoms with Crippen LogP contribution in [0.15, 0.2) is 36.4 Å². The number of nitrogens with one attached hydrogen (secondary N) is 1. The van der Waals surface area contributed by atoms with E-state index in [4.69, 9.17) is 18.9 Å². The Morgan fingerprint density at radius 3 is 2.24 bits per heavy atom. The third kappa shape index (κ3) is 3.97. The monoisotopic (exact) mass is 399 g/mol. The minimum Gasteiger partial charge on any atom is -0.493 e. The number of amides is 1. The van der Waals surface area contributed by atoms with E-state index in [9.17, 15) is 4.79 Å². The van der Waals surface area contributed by atoms with Crippen LogP contribution in [-0.4, -0.2) is 32.8 Å². The van der Waals surface area contributed by atoms with Crippen molar-refractivity contribution in [1.82, 2.24) is 5.32 Å². The maximum atomic E-state index is 13.1. The minimum absolute atomic E-state index is 0.147. The molecule has 1 N–H and O–H groups in total. The normalized spacial score (nSPS) is 16.9. The van der Waals surface area contributed by atoms with Crippen LogP contribution in [0, 0.1) is 0 Å². The molecule has 2 aromatic rings. The zero-order chi connectivity index (χ0) is 21.0. The van der Waals surface area contributed by atoms with Crippen LogP contribution in [0.1, 0.15) is 55.1 Å². The number of rotatable bonds is 7. The van der Waals surface area contributed by atoms with Crippen molar-refractivity contribution in [2.24, 2.45) is 0 Å². The molecule has 0 aliphatic carbocycles. The molecule has 156 valence electrons. The number of methoxy groups -OCH3 is 3. The molecule has 0 radical (unpaired) electrons. The van der Waals surface area contributed by atoms with Crippen molar-refractivity contribution in [3.63, 3.8) is 0 Å². The van der Waals surface area contributed by atoms with Crippen molar-refractivity contribution in [3.8, 4) is 23.0 Å². The van der Waals surface area contributed by atoms with Gasteiger partial charge in [-0.1, -0.05) is 32.0 Å². The van der Waals surface area contributed by atoms with Gasteiger partial charge < -0.3 is 24.3 Å². The molecule has 6 heteroatoms. The van der Waals surface area contributed by atoms with Crippen molar-refractivity contribution in [1.29, 1.82) is 0 Å². The third-order valence-electron chi connectivity index (χ3n) is 5.72. The van der Waals surface area contributed by atoms with Gasteiger partial charge in [-0.05, 0) is 31.0 Å². The summed E-state index contributed by atoms with van der Waals surface area (Å²) in [6.07, 6.45) is 2.45. The van der Waals surface area contributed by atoms with Crippen molar-refractivity contribution in [2.75, 3.05) is 21.3 Å². The van der Waals surface area contributed by atoms with Gasteiger partial charge >= 0.3 is 0 Å². The van der Waals surface area contributed by atoms with Crippen molar-refractivity contribution in [3.05, 3.63) is 47.5 Å². The first-order valence-corrected chi connectivity index (χ1v) is 9.89. The summed E-state index contributed by atoms with van der Waals surface area (Å²) < 4.78 is 22.4. The van der Waals surface area contributed by atoms with Crippen LogP contribution in [0.4, 0.5) is 0 Å². The fraction of sp³-hybridized carbons (Fsp3) is 0.435. The highest BCUT2D eigenvalue weighted by molar-refractivity contribution is 5.96. The summed E-state index contributed by atoms with van der Waals surface area (Å²) in [7, 11) is 4.60. The Morgan fingerprint density at radius 2 is 1.69 bits per heavy atom. The first-order chi connectivity index (χ1) is 14.0. The molecule has 1 atom stereocenters. The fourth-order valence-electron chi connectivity index (χ4n) is 3.88. The predicted molar refractivity (Wildman–Crippen MR) is 111 cm³/mol. The molecule has 29 heavy (non-hydrogen) atoms. The number of benzene rings is 2. The van der Waals surface area contributed by atoms with Crippen LogP contribution >= 0.6 is 0 Å². The van der Waals surface area contributed by atoms with E-state index >= 15 is 0 Å². The zero-order valence-corrected chi connectivity index (χ0v) is 17.7. The van der Waals surface area contributed by atoms with Crippen LogP contribution in [-0.2, 0) is 0 Å². The summed E-state index contributed by atoms with van der Waals surface area (Å²) in [5, 5.41) is 3.18. The van der Waals surface area contributed by atoms with Gasteiger partial charge in [0.2, 0.25) is 5.75 Å². The number of hydrogen-bond acceptors (Lipinski definition) is 5. The van der Waals surface area contributed by atoms with Gasteiger partial charge in [0.1, 0.15) is 11.4 Å². The number of hydrogen-bond donors (Lipinski definition) is 1. The lowest BCUT2D eigenvalue weighted by atomic mass is 9.83. The Morgan fingerprint density at radius 1 is 1.07 bits per heavy atom. The number of para-hydroxylation sites is 1. The third-order valence-corrected chi connectivity index (χ3v) is 5.72. The smallest absolute Gasteiger partial charge is 0.252 e. The van der Waals surface area contributed by atoms with E-state index in [1.165, 1.54) is 21.3 Å². The van der Waals surface area contributed by atoms with Gasteiger partial charge in [-0.15, -0.1) is 0 Å². The van der Waals surface area contributed by atoms with Crippen molar-refractivity contribution < 1.29 is 23.7 Å². The Balaban J connectivity index is 1.94. The molecule has 6 nitrogen and oxygen atoms in total. The maximum absolute atomic E-state index is 13.1. The summed E-state index contributed by atoms with van der Waals surface area (Å²) in [6.45, 7) is 4.24. The number of ether oxygens (including phenoxy) is 4. The van der Waals surface area contributed by atoms with Gasteiger partial charge in [-0.2, -0.15) is 0 Å². The first kappa shape index (κ1) is 20.8. The summed E-state index contributed by atoms with van der Waals surface area (Å²) in [5.41, 5.74) is 1.15. The minimum atomic E-state index is -0.290. The lowest BCUT2D eigenvalue weighted by molar-refractivity contribution is 0.0227. The van der Waals surface area contributed by atoms with Crippen LogP contribution in [0.25, 0.3) is 0 Å². The van der Waals surface area contributed by atoms with Crippen molar-refractivity contribution in [2.45, 2.75) is 44.8 Å². The molecule has 0 unspecified atom stereocenters. The summed E-state index contributed by atoms with van der Waals surface area (Å²) in [4.78, 5) is 13.1. The standard InChI is InChI=1S/C23H29NO5/c1-6-23(7-2)14-17(16-10-8-9-11-18(16)29-23)24-22(25)15-12-19(26-3)21(28-5)20(13-15)27-4/h8-13,17H,6-7,14H2,1-5H3,(H,24,25)/t17-/m0/s1. The predicted octanol–water partition coefficient (Wildman–Crippen LogP) is 4.52. The number of fused-ring (bicyclic) bond motifs is 1. The molecule has 0 saturated carbocycles. The Bertz CT molecular complexity index is 850. The van der Waals surface area contributed by atoms with Gasteiger partial charge in [0.15, 0.2) is 11.5 Å². The molecule has 1 aliphatic heterocycles. The second-order valence-electron chi connectivity index (χ2n) is 7.17. The molecule has 0 aromatic heterocycles. The summed E-state index contributed by atoms with van der Waals surface area (Å²) in [6, 6.07) is 11.1. The Kier molecular flexibility index (Phi) is 6.20. The molecule has 0 bridgehead atoms. The molecule has 2 aromatic carbocycles. The average Bonchev–Trinajstić information content (AvgIpc) is 2.77. The van der Waals surface area contributed by atoms with Gasteiger partial charge in [-0.3, -0.25) is 4.79 Å². The largest absolute Gasteiger partial charge is 0.493 e. The number of carbonyl (C=O) groups is 1. The van der Waals surface area contributed by atoms with Crippen LogP contribution in [0.3, 0.4) is 0 Å². The van der Waals surface area contributed by atoms with Gasteiger partial charge in [0, 0.05) is 17.5 Å². The van der Waals surface area contributed by atoms with Gasteiger partial charge in [0.05, 0.1) is 27.4 Å². The Hall–Kier alpha value is -2.89. The molecule has 0 spiro atoms. The molecule has 0 saturated heterocycles. The first-order valence-electron chi connectivity index (χ1n) is 9.89. The second kappa shape index (κ2) is 8.64. The summed E-state index contributed by atoms with van der Waals surface area (Å²) in [5.74, 6) is 1.98. The average molecular weight is 399 g/mol. The van der Waals surface area contributed by atoms with E-state index in [0.717, 1.165) is 24.2 Å². The fourth-order valence-corrected chi connectivity index (χ4v) is 3.88. The highest BCUT2D eigenvalue weighted by Gasteiger charge is 2.39. The molecular weight excluding hydrogens is 370 g/mol.